The molecule has 0 spiro atoms. The Balaban J connectivity index is 1.46. The Morgan fingerprint density at radius 3 is 2.49 bits per heavy atom. The van der Waals surface area contributed by atoms with E-state index in [0.717, 1.165) is 88.0 Å². The number of benzene rings is 3. The van der Waals surface area contributed by atoms with Crippen LogP contribution >= 0.6 is 0 Å². The number of fused-ring (bicyclic) bond motifs is 1. The van der Waals surface area contributed by atoms with Gasteiger partial charge in [0.2, 0.25) is 0 Å². The number of H-pyrrole nitrogens is 2. The number of rotatable bonds is 14. The first-order chi connectivity index (χ1) is 22.8. The quantitative estimate of drug-likeness (QED) is 0.121. The molecule has 0 saturated heterocycles. The minimum atomic E-state index is -0.259. The maximum atomic E-state index is 14.9. The van der Waals surface area contributed by atoms with Gasteiger partial charge in [-0.05, 0) is 118 Å². The molecular weight excluding hydrogens is 581 g/mol. The van der Waals surface area contributed by atoms with Gasteiger partial charge in [0.25, 0.3) is 0 Å². The largest absolute Gasteiger partial charge is 0.340 e. The van der Waals surface area contributed by atoms with Crippen molar-refractivity contribution in [2.75, 3.05) is 20.6 Å². The zero-order valence-corrected chi connectivity index (χ0v) is 27.9. The number of halogens is 1. The first-order valence-corrected chi connectivity index (χ1v) is 16.2. The predicted octanol–water partition coefficient (Wildman–Crippen LogP) is 9.66. The number of hydrogen-bond donors (Lipinski definition) is 2. The van der Waals surface area contributed by atoms with Crippen molar-refractivity contribution >= 4 is 22.0 Å². The van der Waals surface area contributed by atoms with Crippen molar-refractivity contribution in [2.24, 2.45) is 0 Å². The third-order valence-corrected chi connectivity index (χ3v) is 8.34. The molecule has 0 atom stereocenters. The highest BCUT2D eigenvalue weighted by atomic mass is 19.1. The zero-order valence-electron chi connectivity index (χ0n) is 27.9. The van der Waals surface area contributed by atoms with E-state index >= 15 is 0 Å². The molecule has 5 nitrogen and oxygen atoms in total. The second-order valence-corrected chi connectivity index (χ2v) is 12.1. The molecule has 240 valence electrons. The number of nitrogens with zero attached hydrogens (tertiary/aromatic N) is 3. The lowest BCUT2D eigenvalue weighted by Gasteiger charge is -2.11. The fourth-order valence-corrected chi connectivity index (χ4v) is 5.89. The van der Waals surface area contributed by atoms with Crippen LogP contribution in [0.1, 0.15) is 53.4 Å². The van der Waals surface area contributed by atoms with Gasteiger partial charge < -0.3 is 9.88 Å². The van der Waals surface area contributed by atoms with E-state index in [1.54, 1.807) is 18.2 Å². The number of allylic oxidation sites excluding steroid dienone is 7. The van der Waals surface area contributed by atoms with Crippen molar-refractivity contribution in [3.63, 3.8) is 0 Å². The molecule has 5 rings (SSSR count). The van der Waals surface area contributed by atoms with E-state index in [9.17, 15) is 4.39 Å². The molecule has 0 aliphatic carbocycles. The zero-order chi connectivity index (χ0) is 33.3. The SMILES string of the molecule is C=C/C=C(/c1cc(F)cc(CCCN(C)C)c1)c1nc(-c2n[nH]c3ccc(C(/C=C(\C=C)CCc4ccccc4)=C/C)cc23)[nH]c1C. The van der Waals surface area contributed by atoms with Crippen molar-refractivity contribution in [2.45, 2.75) is 39.5 Å². The van der Waals surface area contributed by atoms with Gasteiger partial charge in [0.15, 0.2) is 5.82 Å². The van der Waals surface area contributed by atoms with Gasteiger partial charge in [-0.1, -0.05) is 86.0 Å². The summed E-state index contributed by atoms with van der Waals surface area (Å²) in [5, 5.41) is 8.80. The average molecular weight is 626 g/mol. The normalized spacial score (nSPS) is 12.7. The molecule has 0 radical (unpaired) electrons. The molecule has 2 aromatic heterocycles. The lowest BCUT2D eigenvalue weighted by atomic mass is 9.97. The van der Waals surface area contributed by atoms with E-state index in [1.165, 1.54) is 11.1 Å². The first-order valence-electron chi connectivity index (χ1n) is 16.2. The highest BCUT2D eigenvalue weighted by Gasteiger charge is 2.19. The fourth-order valence-electron chi connectivity index (χ4n) is 5.89. The van der Waals surface area contributed by atoms with Gasteiger partial charge in [0.05, 0.1) is 11.2 Å². The van der Waals surface area contributed by atoms with Crippen LogP contribution in [0.3, 0.4) is 0 Å². The lowest BCUT2D eigenvalue weighted by Crippen LogP contribution is -2.13. The fraction of sp³-hybridized carbons (Fsp3) is 0.220. The summed E-state index contributed by atoms with van der Waals surface area (Å²) < 4.78 is 14.9. The monoisotopic (exact) mass is 625 g/mol. The van der Waals surface area contributed by atoms with Crippen LogP contribution in [0, 0.1) is 12.7 Å². The van der Waals surface area contributed by atoms with Crippen molar-refractivity contribution in [3.05, 3.63) is 155 Å². The number of hydrogen-bond acceptors (Lipinski definition) is 3. The predicted molar refractivity (Wildman–Crippen MR) is 196 cm³/mol. The van der Waals surface area contributed by atoms with Crippen LogP contribution in [0.4, 0.5) is 4.39 Å². The number of aromatic nitrogens is 4. The van der Waals surface area contributed by atoms with Crippen LogP contribution in [0.25, 0.3) is 33.6 Å². The summed E-state index contributed by atoms with van der Waals surface area (Å²) in [6.45, 7) is 13.0. The van der Waals surface area contributed by atoms with Gasteiger partial charge >= 0.3 is 0 Å². The molecule has 5 aromatic rings. The van der Waals surface area contributed by atoms with Gasteiger partial charge in [-0.2, -0.15) is 5.10 Å². The molecule has 6 heteroatoms. The second-order valence-electron chi connectivity index (χ2n) is 12.1. The van der Waals surface area contributed by atoms with Gasteiger partial charge in [0.1, 0.15) is 11.5 Å². The second kappa shape index (κ2) is 15.5. The topological polar surface area (TPSA) is 60.6 Å². The van der Waals surface area contributed by atoms with E-state index in [1.807, 2.05) is 39.2 Å². The minimum Gasteiger partial charge on any atom is -0.340 e. The summed E-state index contributed by atoms with van der Waals surface area (Å²) in [6, 6.07) is 22.1. The van der Waals surface area contributed by atoms with Crippen LogP contribution in [0.2, 0.25) is 0 Å². The van der Waals surface area contributed by atoms with Crippen LogP contribution in [-0.4, -0.2) is 45.7 Å². The molecule has 2 heterocycles. The van der Waals surface area contributed by atoms with Crippen LogP contribution in [-0.2, 0) is 12.8 Å². The summed E-state index contributed by atoms with van der Waals surface area (Å²) in [6.07, 6.45) is 13.5. The van der Waals surface area contributed by atoms with Crippen LogP contribution < -0.4 is 0 Å². The summed E-state index contributed by atoms with van der Waals surface area (Å²) in [4.78, 5) is 10.6. The van der Waals surface area contributed by atoms with E-state index < -0.39 is 0 Å². The highest BCUT2D eigenvalue weighted by Crippen LogP contribution is 2.33. The van der Waals surface area contributed by atoms with E-state index in [0.29, 0.717) is 5.82 Å². The van der Waals surface area contributed by atoms with Crippen LogP contribution in [0.5, 0.6) is 0 Å². The number of imidazole rings is 1. The van der Waals surface area contributed by atoms with Crippen molar-refractivity contribution in [1.29, 1.82) is 0 Å². The molecule has 0 unspecified atom stereocenters. The smallest absolute Gasteiger partial charge is 0.159 e. The van der Waals surface area contributed by atoms with E-state index in [4.69, 9.17) is 4.98 Å². The Bertz CT molecular complexity index is 1950. The molecule has 0 aliphatic rings. The number of nitrogens with one attached hydrogen (secondary N) is 2. The number of aryl methyl sites for hydroxylation is 3. The van der Waals surface area contributed by atoms with E-state index in [-0.39, 0.29) is 5.82 Å². The van der Waals surface area contributed by atoms with Gasteiger partial charge in [-0.25, -0.2) is 9.37 Å². The maximum Gasteiger partial charge on any atom is 0.159 e. The Hall–Kier alpha value is -5.07. The summed E-state index contributed by atoms with van der Waals surface area (Å²) in [5.41, 5.74) is 10.5. The summed E-state index contributed by atoms with van der Waals surface area (Å²) in [5.74, 6) is 0.385. The van der Waals surface area contributed by atoms with Crippen molar-refractivity contribution in [3.8, 4) is 11.5 Å². The summed E-state index contributed by atoms with van der Waals surface area (Å²) in [7, 11) is 4.10. The lowest BCUT2D eigenvalue weighted by molar-refractivity contribution is 0.400. The van der Waals surface area contributed by atoms with E-state index in [2.05, 4.69) is 101 Å². The molecule has 0 amide bonds. The highest BCUT2D eigenvalue weighted by molar-refractivity contribution is 5.95. The third kappa shape index (κ3) is 8.21. The maximum absolute atomic E-state index is 14.9. The van der Waals surface area contributed by atoms with Gasteiger partial charge in [-0.3, -0.25) is 5.10 Å². The number of aromatic amines is 2. The van der Waals surface area contributed by atoms with Crippen LogP contribution in [0.15, 0.2) is 116 Å². The molecule has 0 fully saturated rings. The molecular formula is C41H44FN5. The molecule has 3 aromatic carbocycles. The molecule has 0 bridgehead atoms. The van der Waals surface area contributed by atoms with Crippen molar-refractivity contribution in [1.82, 2.24) is 25.1 Å². The molecule has 47 heavy (non-hydrogen) atoms. The Kier molecular flexibility index (Phi) is 11.0. The Labute approximate surface area is 278 Å². The standard InChI is InChI=1S/C41H44FN5/c1-7-14-36(34-24-31(25-35(42)26-34)17-13-22-47(5)6)39-28(4)43-41(44-39)40-37-27-33(20-21-38(37)45-46-40)32(9-3)23-29(8-2)18-19-30-15-11-10-12-16-30/h7-12,14-16,20-21,23-27H,1-2,13,17-19,22H2,3-6H3,(H,43,44)(H,45,46)/b29-23+,32-9+,36-14-. The third-order valence-electron chi connectivity index (χ3n) is 8.34. The van der Waals surface area contributed by atoms with Crippen molar-refractivity contribution < 1.29 is 4.39 Å². The molecule has 0 saturated carbocycles. The first kappa shape index (κ1) is 33.3. The summed E-state index contributed by atoms with van der Waals surface area (Å²) >= 11 is 0. The minimum absolute atomic E-state index is 0.259. The average Bonchev–Trinajstić information content (AvgIpc) is 3.66. The Morgan fingerprint density at radius 1 is 0.957 bits per heavy atom. The molecule has 0 aliphatic heterocycles. The Morgan fingerprint density at radius 2 is 1.77 bits per heavy atom. The molecule has 2 N–H and O–H groups in total. The van der Waals surface area contributed by atoms with Gasteiger partial charge in [-0.15, -0.1) is 0 Å². The van der Waals surface area contributed by atoms with Gasteiger partial charge in [0, 0.05) is 16.7 Å².